The highest BCUT2D eigenvalue weighted by molar-refractivity contribution is 6.33. The molecule has 0 bridgehead atoms. The summed E-state index contributed by atoms with van der Waals surface area (Å²) >= 11 is 0. The molecule has 3 heterocycles. The molecule has 0 radical (unpaired) electrons. The largest absolute Gasteiger partial charge is 0.309 e. The molecule has 0 aliphatic heterocycles. The molecule has 4 heteroatoms. The Kier molecular flexibility index (Phi) is 6.22. The minimum absolute atomic E-state index is 0.695. The Morgan fingerprint density at radius 1 is 0.346 bits per heavy atom. The van der Waals surface area contributed by atoms with Crippen LogP contribution < -0.4 is 0 Å². The number of aromatic nitrogens is 4. The molecule has 0 saturated carbocycles. The average molecular weight is 663 g/mol. The van der Waals surface area contributed by atoms with Gasteiger partial charge in [0.2, 0.25) is 0 Å². The number of benzene rings is 8. The molecule has 11 aromatic rings. The molecule has 0 atom stereocenters. The molecule has 0 amide bonds. The first kappa shape index (κ1) is 28.8. The molecule has 0 N–H and O–H groups in total. The second kappa shape index (κ2) is 11.2. The molecule has 0 saturated heterocycles. The molecule has 0 aliphatic rings. The highest BCUT2D eigenvalue weighted by Crippen LogP contribution is 2.46. The van der Waals surface area contributed by atoms with Gasteiger partial charge < -0.3 is 9.13 Å². The van der Waals surface area contributed by atoms with Gasteiger partial charge in [0.15, 0.2) is 5.82 Å². The normalized spacial score (nSPS) is 11.8. The highest BCUT2D eigenvalue weighted by atomic mass is 15.0. The zero-order valence-electron chi connectivity index (χ0n) is 28.1. The molecular weight excluding hydrogens is 633 g/mol. The molecule has 0 unspecified atom stereocenters. The van der Waals surface area contributed by atoms with E-state index in [1.165, 1.54) is 54.4 Å². The van der Waals surface area contributed by atoms with Crippen molar-refractivity contribution in [2.45, 2.75) is 0 Å². The maximum Gasteiger partial charge on any atom is 0.160 e. The van der Waals surface area contributed by atoms with Crippen molar-refractivity contribution in [3.05, 3.63) is 182 Å². The van der Waals surface area contributed by atoms with Gasteiger partial charge in [-0.1, -0.05) is 133 Å². The van der Waals surface area contributed by atoms with Gasteiger partial charge in [0.05, 0.1) is 33.5 Å². The number of rotatable bonds is 5. The van der Waals surface area contributed by atoms with Gasteiger partial charge in [0, 0.05) is 49.6 Å². The van der Waals surface area contributed by atoms with Crippen LogP contribution in [0.4, 0.5) is 0 Å². The first-order valence-corrected chi connectivity index (χ1v) is 17.7. The fraction of sp³-hybridized carbons (Fsp3) is 0. The summed E-state index contributed by atoms with van der Waals surface area (Å²) in [5.74, 6) is 0.695. The van der Waals surface area contributed by atoms with E-state index in [0.717, 1.165) is 39.5 Å². The van der Waals surface area contributed by atoms with E-state index in [2.05, 4.69) is 179 Å². The SMILES string of the molecule is c1ccc(-c2cc(-c3ccccc3)nc(-c3cccc(-n4c5cccc6ccc7cc8c(c9ccccc9n8-c8ccccc8)c4c7c65)c3)n2)cc1. The number of hydrogen-bond acceptors (Lipinski definition) is 2. The van der Waals surface area contributed by atoms with Gasteiger partial charge in [-0.2, -0.15) is 0 Å². The summed E-state index contributed by atoms with van der Waals surface area (Å²) in [5, 5.41) is 7.52. The van der Waals surface area contributed by atoms with Crippen molar-refractivity contribution in [3.63, 3.8) is 0 Å². The van der Waals surface area contributed by atoms with Gasteiger partial charge >= 0.3 is 0 Å². The predicted octanol–water partition coefficient (Wildman–Crippen LogP) is 12.3. The van der Waals surface area contributed by atoms with E-state index in [1.807, 2.05) is 12.1 Å². The maximum atomic E-state index is 5.18. The van der Waals surface area contributed by atoms with Gasteiger partial charge in [-0.05, 0) is 59.3 Å². The molecule has 4 nitrogen and oxygen atoms in total. The Morgan fingerprint density at radius 2 is 0.942 bits per heavy atom. The van der Waals surface area contributed by atoms with Crippen molar-refractivity contribution in [1.82, 2.24) is 19.1 Å². The Morgan fingerprint density at radius 3 is 1.69 bits per heavy atom. The van der Waals surface area contributed by atoms with E-state index in [4.69, 9.17) is 9.97 Å². The average Bonchev–Trinajstić information content (AvgIpc) is 3.74. The lowest BCUT2D eigenvalue weighted by Gasteiger charge is -2.13. The summed E-state index contributed by atoms with van der Waals surface area (Å²) in [5.41, 5.74) is 11.9. The monoisotopic (exact) mass is 662 g/mol. The molecule has 0 aliphatic carbocycles. The lowest BCUT2D eigenvalue weighted by Crippen LogP contribution is -1.98. The number of fused-ring (bicyclic) bond motifs is 4. The van der Waals surface area contributed by atoms with Crippen LogP contribution in [0.5, 0.6) is 0 Å². The van der Waals surface area contributed by atoms with Gasteiger partial charge in [-0.25, -0.2) is 9.97 Å². The molecular formula is C48H30N4. The molecule has 52 heavy (non-hydrogen) atoms. The van der Waals surface area contributed by atoms with Crippen molar-refractivity contribution >= 4 is 54.4 Å². The third-order valence-electron chi connectivity index (χ3n) is 10.4. The Hall–Kier alpha value is -7.04. The molecule has 8 aromatic carbocycles. The van der Waals surface area contributed by atoms with Crippen LogP contribution >= 0.6 is 0 Å². The molecule has 0 fully saturated rings. The Labute approximate surface area is 299 Å². The van der Waals surface area contributed by atoms with Crippen molar-refractivity contribution in [2.75, 3.05) is 0 Å². The van der Waals surface area contributed by atoms with E-state index in [-0.39, 0.29) is 0 Å². The van der Waals surface area contributed by atoms with Gasteiger partial charge in [0.25, 0.3) is 0 Å². The summed E-state index contributed by atoms with van der Waals surface area (Å²) in [6.45, 7) is 0. The fourth-order valence-electron chi connectivity index (χ4n) is 8.20. The van der Waals surface area contributed by atoms with Crippen LogP contribution in [0.25, 0.3) is 99.7 Å². The highest BCUT2D eigenvalue weighted by Gasteiger charge is 2.24. The third kappa shape index (κ3) is 4.28. The maximum absolute atomic E-state index is 5.18. The quantitative estimate of drug-likeness (QED) is 0.172. The van der Waals surface area contributed by atoms with Crippen molar-refractivity contribution in [3.8, 4) is 45.3 Å². The van der Waals surface area contributed by atoms with Crippen molar-refractivity contribution in [1.29, 1.82) is 0 Å². The fourth-order valence-corrected chi connectivity index (χ4v) is 8.20. The van der Waals surface area contributed by atoms with Crippen LogP contribution in [0.15, 0.2) is 182 Å². The third-order valence-corrected chi connectivity index (χ3v) is 10.4. The Balaban J connectivity index is 1.22. The molecule has 0 spiro atoms. The minimum atomic E-state index is 0.695. The predicted molar refractivity (Wildman–Crippen MR) is 216 cm³/mol. The van der Waals surface area contributed by atoms with Crippen LogP contribution in [0.3, 0.4) is 0 Å². The van der Waals surface area contributed by atoms with Crippen molar-refractivity contribution in [2.24, 2.45) is 0 Å². The summed E-state index contributed by atoms with van der Waals surface area (Å²) in [6, 6.07) is 64.7. The number of nitrogens with zero attached hydrogens (tertiary/aromatic N) is 4. The van der Waals surface area contributed by atoms with Crippen LogP contribution in [0.2, 0.25) is 0 Å². The van der Waals surface area contributed by atoms with Crippen LogP contribution in [-0.4, -0.2) is 19.1 Å². The summed E-state index contributed by atoms with van der Waals surface area (Å²) in [7, 11) is 0. The smallest absolute Gasteiger partial charge is 0.160 e. The second-order valence-electron chi connectivity index (χ2n) is 13.4. The lowest BCUT2D eigenvalue weighted by molar-refractivity contribution is 1.16. The van der Waals surface area contributed by atoms with E-state index < -0.39 is 0 Å². The molecule has 11 rings (SSSR count). The van der Waals surface area contributed by atoms with Gasteiger partial charge in [-0.15, -0.1) is 0 Å². The van der Waals surface area contributed by atoms with E-state index in [9.17, 15) is 0 Å². The van der Waals surface area contributed by atoms with E-state index in [0.29, 0.717) is 5.82 Å². The van der Waals surface area contributed by atoms with Crippen molar-refractivity contribution < 1.29 is 0 Å². The minimum Gasteiger partial charge on any atom is -0.309 e. The second-order valence-corrected chi connectivity index (χ2v) is 13.4. The van der Waals surface area contributed by atoms with Gasteiger partial charge in [-0.3, -0.25) is 0 Å². The molecule has 242 valence electrons. The van der Waals surface area contributed by atoms with Crippen LogP contribution in [0, 0.1) is 0 Å². The summed E-state index contributed by atoms with van der Waals surface area (Å²) < 4.78 is 4.88. The standard InChI is InChI=1S/C48H30N4/c1-4-14-31(15-5-1)39-30-40(32-16-6-2-7-17-32)50-48(49-39)35-19-12-22-37(28-35)52-42-25-13-18-33-26-27-34-29-43-46(47(52)45(34)44(33)42)38-23-10-11-24-41(38)51(43)36-20-8-3-9-21-36/h1-30H. The topological polar surface area (TPSA) is 35.6 Å². The Bertz CT molecular complexity index is 3040. The number of para-hydroxylation sites is 2. The van der Waals surface area contributed by atoms with Crippen LogP contribution in [-0.2, 0) is 0 Å². The number of hydrogen-bond donors (Lipinski definition) is 0. The summed E-state index contributed by atoms with van der Waals surface area (Å²) in [6.07, 6.45) is 0. The zero-order valence-corrected chi connectivity index (χ0v) is 28.1. The van der Waals surface area contributed by atoms with E-state index >= 15 is 0 Å². The zero-order chi connectivity index (χ0) is 34.2. The lowest BCUT2D eigenvalue weighted by atomic mass is 9.99. The molecule has 3 aromatic heterocycles. The first-order chi connectivity index (χ1) is 25.8. The van der Waals surface area contributed by atoms with E-state index in [1.54, 1.807) is 0 Å². The van der Waals surface area contributed by atoms with Gasteiger partial charge in [0.1, 0.15) is 0 Å². The first-order valence-electron chi connectivity index (χ1n) is 17.7. The summed E-state index contributed by atoms with van der Waals surface area (Å²) in [4.78, 5) is 10.4. The van der Waals surface area contributed by atoms with Crippen LogP contribution in [0.1, 0.15) is 0 Å².